The Labute approximate surface area is 83.9 Å². The van der Waals surface area contributed by atoms with Crippen molar-refractivity contribution in [2.75, 3.05) is 0 Å². The number of nitrogens with one attached hydrogen (secondary N) is 1. The van der Waals surface area contributed by atoms with Crippen molar-refractivity contribution in [3.05, 3.63) is 0 Å². The van der Waals surface area contributed by atoms with E-state index in [1.165, 1.54) is 5.32 Å². The maximum Gasteiger partial charge on any atom is 0.471 e. The summed E-state index contributed by atoms with van der Waals surface area (Å²) < 4.78 is 34.9. The highest BCUT2D eigenvalue weighted by molar-refractivity contribution is 5.89. The number of aliphatic carboxylic acids is 1. The van der Waals surface area contributed by atoms with E-state index < -0.39 is 23.6 Å². The smallest absolute Gasteiger partial charge is 0.471 e. The number of halogens is 4. The molecule has 8 heteroatoms. The van der Waals surface area contributed by atoms with Gasteiger partial charge in [0, 0.05) is 0 Å². The second-order valence-electron chi connectivity index (χ2n) is 2.88. The summed E-state index contributed by atoms with van der Waals surface area (Å²) in [5.74, 6) is -3.80. The van der Waals surface area contributed by atoms with Crippen molar-refractivity contribution >= 4 is 24.3 Å². The maximum absolute atomic E-state index is 11.6. The second kappa shape index (κ2) is 4.50. The minimum absolute atomic E-state index is 0. The van der Waals surface area contributed by atoms with Crippen LogP contribution in [0.4, 0.5) is 13.2 Å². The number of hydrogen-bond donors (Lipinski definition) is 2. The summed E-state index contributed by atoms with van der Waals surface area (Å²) in [6.07, 6.45) is -5.06. The van der Waals surface area contributed by atoms with Crippen molar-refractivity contribution in [1.82, 2.24) is 5.32 Å². The van der Waals surface area contributed by atoms with Gasteiger partial charge in [-0.3, -0.25) is 4.79 Å². The third-order valence-electron chi connectivity index (χ3n) is 1.22. The molecule has 0 radical (unpaired) electrons. The summed E-state index contributed by atoms with van der Waals surface area (Å²) in [6.45, 7) is 1.91. The lowest BCUT2D eigenvalue weighted by Crippen LogP contribution is -2.53. The SMILES string of the molecule is CC(C)(NC(=O)C(F)(F)F)C(=O)O.Cl. The van der Waals surface area contributed by atoms with Gasteiger partial charge in [-0.1, -0.05) is 0 Å². The summed E-state index contributed by atoms with van der Waals surface area (Å²) in [4.78, 5) is 20.6. The molecule has 1 amide bonds. The van der Waals surface area contributed by atoms with Gasteiger partial charge in [-0.15, -0.1) is 12.4 Å². The zero-order chi connectivity index (χ0) is 10.9. The van der Waals surface area contributed by atoms with Crippen LogP contribution in [0, 0.1) is 0 Å². The molecule has 84 valence electrons. The van der Waals surface area contributed by atoms with E-state index in [4.69, 9.17) is 5.11 Å². The Hall–Kier alpha value is -0.980. The third-order valence-corrected chi connectivity index (χ3v) is 1.22. The van der Waals surface area contributed by atoms with E-state index in [1.54, 1.807) is 0 Å². The molecule has 0 fully saturated rings. The predicted octanol–water partition coefficient (Wildman–Crippen LogP) is 0.950. The molecule has 0 spiro atoms. The van der Waals surface area contributed by atoms with E-state index in [2.05, 4.69) is 0 Å². The molecule has 0 saturated carbocycles. The highest BCUT2D eigenvalue weighted by Crippen LogP contribution is 2.16. The van der Waals surface area contributed by atoms with E-state index in [0.29, 0.717) is 0 Å². The minimum Gasteiger partial charge on any atom is -0.480 e. The maximum atomic E-state index is 11.6. The van der Waals surface area contributed by atoms with Gasteiger partial charge in [0.05, 0.1) is 0 Å². The summed E-state index contributed by atoms with van der Waals surface area (Å²) >= 11 is 0. The molecule has 0 heterocycles. The van der Waals surface area contributed by atoms with Gasteiger partial charge in [0.1, 0.15) is 5.54 Å². The average molecular weight is 236 g/mol. The molecule has 0 unspecified atom stereocenters. The van der Waals surface area contributed by atoms with Gasteiger partial charge in [0.25, 0.3) is 0 Å². The molecule has 0 aromatic heterocycles. The molecule has 0 aliphatic carbocycles. The van der Waals surface area contributed by atoms with Crippen LogP contribution in [0.15, 0.2) is 0 Å². The van der Waals surface area contributed by atoms with Gasteiger partial charge in [0.2, 0.25) is 0 Å². The lowest BCUT2D eigenvalue weighted by molar-refractivity contribution is -0.177. The third kappa shape index (κ3) is 4.31. The Morgan fingerprint density at radius 3 is 1.79 bits per heavy atom. The van der Waals surface area contributed by atoms with Crippen molar-refractivity contribution < 1.29 is 27.9 Å². The summed E-state index contributed by atoms with van der Waals surface area (Å²) in [5.41, 5.74) is -1.92. The summed E-state index contributed by atoms with van der Waals surface area (Å²) in [6, 6.07) is 0. The van der Waals surface area contributed by atoms with Crippen LogP contribution in [0.2, 0.25) is 0 Å². The Balaban J connectivity index is 0. The molecule has 2 N–H and O–H groups in total. The normalized spacial score (nSPS) is 11.5. The van der Waals surface area contributed by atoms with Crippen molar-refractivity contribution in [3.8, 4) is 0 Å². The Morgan fingerprint density at radius 1 is 1.21 bits per heavy atom. The number of hydrogen-bond acceptors (Lipinski definition) is 2. The number of alkyl halides is 3. The number of amides is 1. The molecule has 0 rings (SSSR count). The van der Waals surface area contributed by atoms with E-state index in [0.717, 1.165) is 13.8 Å². The van der Waals surface area contributed by atoms with Crippen LogP contribution in [0.3, 0.4) is 0 Å². The van der Waals surface area contributed by atoms with Crippen LogP contribution in [0.25, 0.3) is 0 Å². The quantitative estimate of drug-likeness (QED) is 0.749. The standard InChI is InChI=1S/C6H8F3NO3.ClH/c1-5(2,4(12)13)10-3(11)6(7,8)9;/h1-2H3,(H,10,11)(H,12,13);1H. The first kappa shape index (κ1) is 15.5. The van der Waals surface area contributed by atoms with Gasteiger partial charge in [0.15, 0.2) is 0 Å². The number of carbonyl (C=O) groups is 2. The van der Waals surface area contributed by atoms with Crippen LogP contribution in [0.5, 0.6) is 0 Å². The topological polar surface area (TPSA) is 66.4 Å². The van der Waals surface area contributed by atoms with Crippen LogP contribution in [-0.4, -0.2) is 28.7 Å². The first-order valence-corrected chi connectivity index (χ1v) is 3.20. The molecule has 0 aliphatic heterocycles. The molecular weight excluding hydrogens is 227 g/mol. The van der Waals surface area contributed by atoms with Crippen molar-refractivity contribution in [2.24, 2.45) is 0 Å². The first-order chi connectivity index (χ1) is 5.57. The molecule has 0 saturated heterocycles. The fourth-order valence-corrected chi connectivity index (χ4v) is 0.408. The Bertz CT molecular complexity index is 239. The monoisotopic (exact) mass is 235 g/mol. The van der Waals surface area contributed by atoms with Gasteiger partial charge in [-0.05, 0) is 13.8 Å². The zero-order valence-corrected chi connectivity index (χ0v) is 8.12. The number of carboxylic acids is 1. The van der Waals surface area contributed by atoms with Crippen molar-refractivity contribution in [3.63, 3.8) is 0 Å². The molecule has 0 bridgehead atoms. The van der Waals surface area contributed by atoms with Crippen molar-refractivity contribution in [1.29, 1.82) is 0 Å². The van der Waals surface area contributed by atoms with Gasteiger partial charge in [-0.25, -0.2) is 4.79 Å². The van der Waals surface area contributed by atoms with E-state index in [1.807, 2.05) is 0 Å². The molecule has 0 aromatic rings. The van der Waals surface area contributed by atoms with E-state index in [9.17, 15) is 22.8 Å². The number of carbonyl (C=O) groups excluding carboxylic acids is 1. The van der Waals surface area contributed by atoms with Crippen molar-refractivity contribution in [2.45, 2.75) is 25.6 Å². The fraction of sp³-hybridized carbons (Fsp3) is 0.667. The predicted molar refractivity (Wildman–Crippen MR) is 43.2 cm³/mol. The van der Waals surface area contributed by atoms with Crippen LogP contribution >= 0.6 is 12.4 Å². The van der Waals surface area contributed by atoms with E-state index in [-0.39, 0.29) is 12.4 Å². The van der Waals surface area contributed by atoms with Crippen LogP contribution in [0.1, 0.15) is 13.8 Å². The van der Waals surface area contributed by atoms with Crippen LogP contribution < -0.4 is 5.32 Å². The molecular formula is C6H9ClF3NO3. The largest absolute Gasteiger partial charge is 0.480 e. The number of carboxylic acid groups (broad SMARTS) is 1. The zero-order valence-electron chi connectivity index (χ0n) is 7.31. The molecule has 4 nitrogen and oxygen atoms in total. The van der Waals surface area contributed by atoms with Crippen LogP contribution in [-0.2, 0) is 9.59 Å². The lowest BCUT2D eigenvalue weighted by atomic mass is 10.1. The van der Waals surface area contributed by atoms with Gasteiger partial charge >= 0.3 is 18.1 Å². The number of rotatable bonds is 2. The highest BCUT2D eigenvalue weighted by Gasteiger charge is 2.43. The molecule has 0 atom stereocenters. The van der Waals surface area contributed by atoms with E-state index >= 15 is 0 Å². The molecule has 0 aliphatic rings. The summed E-state index contributed by atoms with van der Waals surface area (Å²) in [5, 5.41) is 9.71. The Kier molecular flexibility index (Phi) is 4.97. The average Bonchev–Trinajstić information content (AvgIpc) is 1.83. The highest BCUT2D eigenvalue weighted by atomic mass is 35.5. The molecule has 14 heavy (non-hydrogen) atoms. The molecule has 0 aromatic carbocycles. The second-order valence-corrected chi connectivity index (χ2v) is 2.88. The first-order valence-electron chi connectivity index (χ1n) is 3.20. The van der Waals surface area contributed by atoms with Gasteiger partial charge in [-0.2, -0.15) is 13.2 Å². The lowest BCUT2D eigenvalue weighted by Gasteiger charge is -2.21. The summed E-state index contributed by atoms with van der Waals surface area (Å²) in [7, 11) is 0. The fourth-order valence-electron chi connectivity index (χ4n) is 0.408. The van der Waals surface area contributed by atoms with Gasteiger partial charge < -0.3 is 10.4 Å². The Morgan fingerprint density at radius 2 is 1.57 bits per heavy atom. The minimum atomic E-state index is -5.06.